The lowest BCUT2D eigenvalue weighted by molar-refractivity contribution is 0.0992. The molecule has 0 spiro atoms. The van der Waals surface area contributed by atoms with Gasteiger partial charge in [0.15, 0.2) is 5.78 Å². The highest BCUT2D eigenvalue weighted by Gasteiger charge is 2.10. The summed E-state index contributed by atoms with van der Waals surface area (Å²) in [6.07, 6.45) is 0.196. The van der Waals surface area contributed by atoms with Crippen molar-refractivity contribution >= 4 is 21.7 Å². The van der Waals surface area contributed by atoms with Gasteiger partial charge in [0, 0.05) is 16.5 Å². The summed E-state index contributed by atoms with van der Waals surface area (Å²) in [5.41, 5.74) is 2.37. The van der Waals surface area contributed by atoms with Crippen LogP contribution in [-0.2, 0) is 6.42 Å². The molecule has 2 aromatic carbocycles. The zero-order chi connectivity index (χ0) is 13.1. The van der Waals surface area contributed by atoms with Crippen molar-refractivity contribution in [2.45, 2.75) is 13.3 Å². The molecule has 2 rings (SSSR count). The molecule has 0 aliphatic heterocycles. The molecule has 2 aromatic rings. The minimum Gasteiger partial charge on any atom is -0.294 e. The van der Waals surface area contributed by atoms with E-state index in [1.807, 2.05) is 25.1 Å². The van der Waals surface area contributed by atoms with E-state index in [9.17, 15) is 9.18 Å². The molecule has 0 saturated carbocycles. The number of benzene rings is 2. The van der Waals surface area contributed by atoms with Crippen molar-refractivity contribution < 1.29 is 9.18 Å². The monoisotopic (exact) mass is 306 g/mol. The predicted molar refractivity (Wildman–Crippen MR) is 73.3 cm³/mol. The second kappa shape index (κ2) is 5.44. The minimum absolute atomic E-state index is 0.00926. The molecule has 0 aromatic heterocycles. The third-order valence-electron chi connectivity index (χ3n) is 2.70. The van der Waals surface area contributed by atoms with Crippen LogP contribution in [-0.4, -0.2) is 5.78 Å². The van der Waals surface area contributed by atoms with E-state index in [4.69, 9.17) is 0 Å². The molecule has 92 valence electrons. The van der Waals surface area contributed by atoms with E-state index in [2.05, 4.69) is 15.9 Å². The van der Waals surface area contributed by atoms with Crippen LogP contribution in [0.4, 0.5) is 4.39 Å². The van der Waals surface area contributed by atoms with Crippen LogP contribution in [0.2, 0.25) is 0 Å². The topological polar surface area (TPSA) is 17.1 Å². The van der Waals surface area contributed by atoms with Gasteiger partial charge in [-0.25, -0.2) is 4.39 Å². The Kier molecular flexibility index (Phi) is 3.92. The van der Waals surface area contributed by atoms with Crippen molar-refractivity contribution in [1.29, 1.82) is 0 Å². The van der Waals surface area contributed by atoms with Crippen LogP contribution in [0.1, 0.15) is 21.5 Å². The lowest BCUT2D eigenvalue weighted by Gasteiger charge is -2.05. The summed E-state index contributed by atoms with van der Waals surface area (Å²) in [4.78, 5) is 12.1. The maximum atomic E-state index is 13.1. The van der Waals surface area contributed by atoms with Crippen molar-refractivity contribution in [1.82, 2.24) is 0 Å². The molecular formula is C15H12BrFO. The average Bonchev–Trinajstić information content (AvgIpc) is 2.34. The molecule has 0 amide bonds. The van der Waals surface area contributed by atoms with Gasteiger partial charge in [-0.3, -0.25) is 4.79 Å². The van der Waals surface area contributed by atoms with Crippen LogP contribution in [0.3, 0.4) is 0 Å². The van der Waals surface area contributed by atoms with Gasteiger partial charge in [0.1, 0.15) is 5.82 Å². The second-order valence-electron chi connectivity index (χ2n) is 4.21. The number of aryl methyl sites for hydroxylation is 1. The number of ketones is 1. The smallest absolute Gasteiger partial charge is 0.167 e. The maximum Gasteiger partial charge on any atom is 0.167 e. The van der Waals surface area contributed by atoms with Crippen LogP contribution in [0.15, 0.2) is 46.9 Å². The van der Waals surface area contributed by atoms with Crippen LogP contribution < -0.4 is 0 Å². The molecule has 0 bridgehead atoms. The quantitative estimate of drug-likeness (QED) is 0.772. The molecule has 0 N–H and O–H groups in total. The zero-order valence-corrected chi connectivity index (χ0v) is 11.5. The standard InChI is InChI=1S/C15H12BrFO/c1-10-3-2-4-11(7-10)15(18)9-12-8-13(17)5-6-14(12)16/h2-8H,9H2,1H3. The molecule has 0 unspecified atom stereocenters. The summed E-state index contributed by atoms with van der Waals surface area (Å²) >= 11 is 3.33. The molecule has 1 nitrogen and oxygen atoms in total. The normalized spacial score (nSPS) is 10.4. The third kappa shape index (κ3) is 3.05. The van der Waals surface area contributed by atoms with Crippen molar-refractivity contribution in [3.8, 4) is 0 Å². The Morgan fingerprint density at radius 3 is 2.72 bits per heavy atom. The lowest BCUT2D eigenvalue weighted by Crippen LogP contribution is -2.04. The number of carbonyl (C=O) groups is 1. The molecular weight excluding hydrogens is 295 g/mol. The van der Waals surface area contributed by atoms with Gasteiger partial charge in [0.05, 0.1) is 0 Å². The Labute approximate surface area is 114 Å². The van der Waals surface area contributed by atoms with Crippen LogP contribution in [0.5, 0.6) is 0 Å². The summed E-state index contributed by atoms with van der Waals surface area (Å²) in [5.74, 6) is -0.338. The van der Waals surface area contributed by atoms with Crippen LogP contribution >= 0.6 is 15.9 Å². The molecule has 0 aliphatic rings. The SMILES string of the molecule is Cc1cccc(C(=O)Cc2cc(F)ccc2Br)c1. The molecule has 3 heteroatoms. The highest BCUT2D eigenvalue weighted by Crippen LogP contribution is 2.20. The van der Waals surface area contributed by atoms with Gasteiger partial charge in [-0.2, -0.15) is 0 Å². The van der Waals surface area contributed by atoms with E-state index in [-0.39, 0.29) is 18.0 Å². The largest absolute Gasteiger partial charge is 0.294 e. The Hall–Kier alpha value is -1.48. The number of hydrogen-bond acceptors (Lipinski definition) is 1. The van der Waals surface area contributed by atoms with Gasteiger partial charge >= 0.3 is 0 Å². The molecule has 0 aliphatic carbocycles. The second-order valence-corrected chi connectivity index (χ2v) is 5.06. The van der Waals surface area contributed by atoms with Crippen LogP contribution in [0, 0.1) is 12.7 Å². The number of halogens is 2. The van der Waals surface area contributed by atoms with Gasteiger partial charge in [-0.05, 0) is 36.8 Å². The zero-order valence-electron chi connectivity index (χ0n) is 9.91. The van der Waals surface area contributed by atoms with Gasteiger partial charge < -0.3 is 0 Å². The molecule has 0 radical (unpaired) electrons. The number of Topliss-reactive ketones (excluding diaryl/α,β-unsaturated/α-hetero) is 1. The van der Waals surface area contributed by atoms with Gasteiger partial charge in [0.25, 0.3) is 0 Å². The molecule has 0 fully saturated rings. The molecule has 0 atom stereocenters. The van der Waals surface area contributed by atoms with Crippen LogP contribution in [0.25, 0.3) is 0 Å². The molecule has 0 saturated heterocycles. The number of carbonyl (C=O) groups excluding carboxylic acids is 1. The van der Waals surface area contributed by atoms with Gasteiger partial charge in [-0.1, -0.05) is 39.7 Å². The van der Waals surface area contributed by atoms with E-state index in [0.29, 0.717) is 11.1 Å². The van der Waals surface area contributed by atoms with Crippen molar-refractivity contribution in [3.63, 3.8) is 0 Å². The van der Waals surface area contributed by atoms with E-state index < -0.39 is 0 Å². The fraction of sp³-hybridized carbons (Fsp3) is 0.133. The third-order valence-corrected chi connectivity index (χ3v) is 3.47. The first kappa shape index (κ1) is 13.0. The molecule has 18 heavy (non-hydrogen) atoms. The van der Waals surface area contributed by atoms with Crippen molar-refractivity contribution in [3.05, 3.63) is 69.4 Å². The lowest BCUT2D eigenvalue weighted by atomic mass is 10.0. The van der Waals surface area contributed by atoms with E-state index in [1.165, 1.54) is 12.1 Å². The fourth-order valence-corrected chi connectivity index (χ4v) is 2.16. The average molecular weight is 307 g/mol. The van der Waals surface area contributed by atoms with Gasteiger partial charge in [0.2, 0.25) is 0 Å². The number of rotatable bonds is 3. The summed E-state index contributed by atoms with van der Waals surface area (Å²) in [6.45, 7) is 1.94. The predicted octanol–water partition coefficient (Wildman–Crippen LogP) is 4.32. The highest BCUT2D eigenvalue weighted by molar-refractivity contribution is 9.10. The molecule has 0 heterocycles. The Balaban J connectivity index is 2.24. The summed E-state index contributed by atoms with van der Waals surface area (Å²) in [7, 11) is 0. The first-order valence-corrected chi connectivity index (χ1v) is 6.39. The fourth-order valence-electron chi connectivity index (χ4n) is 1.77. The van der Waals surface area contributed by atoms with Crippen molar-refractivity contribution in [2.75, 3.05) is 0 Å². The highest BCUT2D eigenvalue weighted by atomic mass is 79.9. The summed E-state index contributed by atoms with van der Waals surface area (Å²) in [5, 5.41) is 0. The van der Waals surface area contributed by atoms with E-state index in [1.54, 1.807) is 12.1 Å². The first-order valence-electron chi connectivity index (χ1n) is 5.60. The van der Waals surface area contributed by atoms with Gasteiger partial charge in [-0.15, -0.1) is 0 Å². The van der Waals surface area contributed by atoms with E-state index >= 15 is 0 Å². The summed E-state index contributed by atoms with van der Waals surface area (Å²) < 4.78 is 13.9. The first-order chi connectivity index (χ1) is 8.56. The Morgan fingerprint density at radius 1 is 1.22 bits per heavy atom. The maximum absolute atomic E-state index is 13.1. The van der Waals surface area contributed by atoms with E-state index in [0.717, 1.165) is 10.0 Å². The summed E-state index contributed by atoms with van der Waals surface area (Å²) in [6, 6.07) is 11.8. The minimum atomic E-state index is -0.328. The number of hydrogen-bond donors (Lipinski definition) is 0. The Bertz CT molecular complexity index is 593. The van der Waals surface area contributed by atoms with Crippen molar-refractivity contribution in [2.24, 2.45) is 0 Å². The Morgan fingerprint density at radius 2 is 2.00 bits per heavy atom.